The fourth-order valence-electron chi connectivity index (χ4n) is 1.50. The van der Waals surface area contributed by atoms with Crippen molar-refractivity contribution in [2.45, 2.75) is 13.8 Å². The Hall–Kier alpha value is -3.16. The molecule has 22 heavy (non-hydrogen) atoms. The number of aliphatic carboxylic acids is 1. The van der Waals surface area contributed by atoms with Crippen LogP contribution in [0.25, 0.3) is 0 Å². The average Bonchev–Trinajstić information content (AvgIpc) is 2.44. The summed E-state index contributed by atoms with van der Waals surface area (Å²) >= 11 is 0. The molecule has 1 aromatic carbocycles. The number of benzene rings is 1. The minimum atomic E-state index is -1.35. The van der Waals surface area contributed by atoms with E-state index in [0.29, 0.717) is 0 Å². The highest BCUT2D eigenvalue weighted by atomic mass is 16.4. The number of aromatic carboxylic acids is 2. The monoisotopic (exact) mass is 307 g/mol. The number of rotatable bonds is 5. The van der Waals surface area contributed by atoms with Gasteiger partial charge in [0.1, 0.15) is 0 Å². The molecule has 8 heteroatoms. The van der Waals surface area contributed by atoms with Crippen LogP contribution in [0.4, 0.5) is 5.69 Å². The zero-order valence-corrected chi connectivity index (χ0v) is 11.7. The highest BCUT2D eigenvalue weighted by Gasteiger charge is 2.16. The topological polar surface area (TPSA) is 141 Å². The molecular formula is C14H13NO7. The van der Waals surface area contributed by atoms with Crippen LogP contribution in [0.3, 0.4) is 0 Å². The van der Waals surface area contributed by atoms with Crippen LogP contribution < -0.4 is 5.32 Å². The van der Waals surface area contributed by atoms with Gasteiger partial charge in [0, 0.05) is 16.8 Å². The molecule has 0 aliphatic heterocycles. The van der Waals surface area contributed by atoms with Crippen molar-refractivity contribution in [1.29, 1.82) is 0 Å². The summed E-state index contributed by atoms with van der Waals surface area (Å²) in [6.45, 7) is 2.53. The van der Waals surface area contributed by atoms with E-state index in [1.807, 2.05) is 0 Å². The van der Waals surface area contributed by atoms with E-state index in [0.717, 1.165) is 18.2 Å². The molecule has 1 amide bonds. The van der Waals surface area contributed by atoms with Crippen molar-refractivity contribution >= 4 is 29.5 Å². The zero-order chi connectivity index (χ0) is 17.0. The lowest BCUT2D eigenvalue weighted by molar-refractivity contribution is -0.133. The van der Waals surface area contributed by atoms with Gasteiger partial charge in [-0.2, -0.15) is 0 Å². The average molecular weight is 307 g/mol. The molecule has 0 spiro atoms. The Morgan fingerprint density at radius 3 is 1.64 bits per heavy atom. The molecule has 116 valence electrons. The molecule has 1 rings (SSSR count). The van der Waals surface area contributed by atoms with Crippen molar-refractivity contribution in [2.75, 3.05) is 5.32 Å². The number of anilines is 1. The van der Waals surface area contributed by atoms with Crippen LogP contribution in [0.5, 0.6) is 0 Å². The number of carboxylic acids is 3. The quantitative estimate of drug-likeness (QED) is 0.603. The Kier molecular flexibility index (Phi) is 5.01. The first-order chi connectivity index (χ1) is 10.1. The van der Waals surface area contributed by atoms with Gasteiger partial charge < -0.3 is 20.6 Å². The van der Waals surface area contributed by atoms with Crippen molar-refractivity contribution in [2.24, 2.45) is 0 Å². The second-order valence-electron chi connectivity index (χ2n) is 4.42. The molecule has 0 atom stereocenters. The number of nitrogens with one attached hydrogen (secondary N) is 1. The molecule has 0 saturated heterocycles. The Bertz CT molecular complexity index is 671. The molecule has 0 aliphatic rings. The van der Waals surface area contributed by atoms with E-state index in [9.17, 15) is 19.2 Å². The number of carbonyl (C=O) groups is 4. The van der Waals surface area contributed by atoms with E-state index >= 15 is 0 Å². The van der Waals surface area contributed by atoms with Gasteiger partial charge in [-0.1, -0.05) is 0 Å². The molecule has 0 aliphatic carbocycles. The minimum Gasteiger partial charge on any atom is -0.478 e. The summed E-state index contributed by atoms with van der Waals surface area (Å²) in [5.74, 6) is -4.74. The molecule has 0 aromatic heterocycles. The van der Waals surface area contributed by atoms with Gasteiger partial charge in [-0.15, -0.1) is 0 Å². The maximum absolute atomic E-state index is 11.9. The molecule has 0 radical (unpaired) electrons. The number of amides is 1. The SMILES string of the molecule is C/C(C(=O)O)=C(\C)C(=O)Nc1cc(C(=O)O)cc(C(=O)O)c1. The van der Waals surface area contributed by atoms with E-state index in [4.69, 9.17) is 15.3 Å². The van der Waals surface area contributed by atoms with Crippen LogP contribution in [0, 0.1) is 0 Å². The summed E-state index contributed by atoms with van der Waals surface area (Å²) in [6.07, 6.45) is 0. The van der Waals surface area contributed by atoms with Crippen LogP contribution in [-0.2, 0) is 9.59 Å². The normalized spacial score (nSPS) is 11.4. The lowest BCUT2D eigenvalue weighted by atomic mass is 10.1. The van der Waals surface area contributed by atoms with Crippen LogP contribution >= 0.6 is 0 Å². The lowest BCUT2D eigenvalue weighted by Crippen LogP contribution is -2.17. The Labute approximate surface area is 124 Å². The molecule has 0 heterocycles. The largest absolute Gasteiger partial charge is 0.478 e. The van der Waals surface area contributed by atoms with Crippen molar-refractivity contribution in [3.8, 4) is 0 Å². The molecule has 8 nitrogen and oxygen atoms in total. The first-order valence-corrected chi connectivity index (χ1v) is 5.97. The van der Waals surface area contributed by atoms with E-state index in [-0.39, 0.29) is 28.0 Å². The van der Waals surface area contributed by atoms with E-state index < -0.39 is 23.8 Å². The smallest absolute Gasteiger partial charge is 0.335 e. The van der Waals surface area contributed by atoms with Crippen molar-refractivity contribution in [3.63, 3.8) is 0 Å². The molecule has 0 saturated carbocycles. The summed E-state index contributed by atoms with van der Waals surface area (Å²) in [6, 6.07) is 3.11. The first kappa shape index (κ1) is 16.9. The first-order valence-electron chi connectivity index (χ1n) is 5.97. The van der Waals surface area contributed by atoms with Gasteiger partial charge in [0.2, 0.25) is 0 Å². The minimum absolute atomic E-state index is 0.0557. The molecule has 0 bridgehead atoms. The Balaban J connectivity index is 3.20. The highest BCUT2D eigenvalue weighted by molar-refractivity contribution is 6.08. The molecule has 4 N–H and O–H groups in total. The molecule has 0 fully saturated rings. The highest BCUT2D eigenvalue weighted by Crippen LogP contribution is 2.17. The molecular weight excluding hydrogens is 294 g/mol. The number of hydrogen-bond acceptors (Lipinski definition) is 4. The second kappa shape index (κ2) is 6.53. The maximum Gasteiger partial charge on any atom is 0.335 e. The Morgan fingerprint density at radius 1 is 0.818 bits per heavy atom. The van der Waals surface area contributed by atoms with Crippen LogP contribution in [0.15, 0.2) is 29.3 Å². The maximum atomic E-state index is 11.9. The zero-order valence-electron chi connectivity index (χ0n) is 11.7. The van der Waals surface area contributed by atoms with Crippen LogP contribution in [0.2, 0.25) is 0 Å². The lowest BCUT2D eigenvalue weighted by Gasteiger charge is -2.09. The summed E-state index contributed by atoms with van der Waals surface area (Å²) in [5, 5.41) is 28.9. The van der Waals surface area contributed by atoms with Gasteiger partial charge in [0.25, 0.3) is 5.91 Å². The van der Waals surface area contributed by atoms with Gasteiger partial charge in [-0.3, -0.25) is 4.79 Å². The standard InChI is InChI=1S/C14H13NO7/c1-6(7(2)12(17)18)11(16)15-10-4-8(13(19)20)3-9(5-10)14(21)22/h3-5H,1-2H3,(H,15,16)(H,17,18)(H,19,20)(H,21,22)/b7-6-. The third-order valence-electron chi connectivity index (χ3n) is 2.91. The van der Waals surface area contributed by atoms with E-state index in [2.05, 4.69) is 5.32 Å². The van der Waals surface area contributed by atoms with Gasteiger partial charge in [-0.05, 0) is 32.0 Å². The number of carbonyl (C=O) groups excluding carboxylic acids is 1. The van der Waals surface area contributed by atoms with Crippen molar-refractivity contribution in [1.82, 2.24) is 0 Å². The van der Waals surface area contributed by atoms with Crippen molar-refractivity contribution in [3.05, 3.63) is 40.5 Å². The number of hydrogen-bond donors (Lipinski definition) is 4. The van der Waals surface area contributed by atoms with Gasteiger partial charge in [-0.25, -0.2) is 14.4 Å². The van der Waals surface area contributed by atoms with Crippen LogP contribution in [0.1, 0.15) is 34.6 Å². The predicted molar refractivity (Wildman–Crippen MR) is 75.0 cm³/mol. The summed E-state index contributed by atoms with van der Waals surface area (Å²) in [4.78, 5) is 44.6. The fraction of sp³-hybridized carbons (Fsp3) is 0.143. The summed E-state index contributed by atoms with van der Waals surface area (Å²) < 4.78 is 0. The fourth-order valence-corrected chi connectivity index (χ4v) is 1.50. The van der Waals surface area contributed by atoms with Crippen molar-refractivity contribution < 1.29 is 34.5 Å². The number of carboxylic acid groups (broad SMARTS) is 3. The third-order valence-corrected chi connectivity index (χ3v) is 2.91. The van der Waals surface area contributed by atoms with Gasteiger partial charge in [0.15, 0.2) is 0 Å². The van der Waals surface area contributed by atoms with Gasteiger partial charge in [0.05, 0.1) is 11.1 Å². The third kappa shape index (κ3) is 3.92. The van der Waals surface area contributed by atoms with E-state index in [1.54, 1.807) is 0 Å². The van der Waals surface area contributed by atoms with Crippen LogP contribution in [-0.4, -0.2) is 39.1 Å². The predicted octanol–water partition coefficient (Wildman–Crippen LogP) is 1.44. The molecule has 1 aromatic rings. The Morgan fingerprint density at radius 2 is 1.27 bits per heavy atom. The van der Waals surface area contributed by atoms with Gasteiger partial charge >= 0.3 is 17.9 Å². The molecule has 0 unspecified atom stereocenters. The van der Waals surface area contributed by atoms with E-state index in [1.165, 1.54) is 13.8 Å². The second-order valence-corrected chi connectivity index (χ2v) is 4.42. The summed E-state index contributed by atoms with van der Waals surface area (Å²) in [7, 11) is 0. The summed E-state index contributed by atoms with van der Waals surface area (Å²) in [5.41, 5.74) is -0.936.